The first-order valence-corrected chi connectivity index (χ1v) is 5.27. The lowest BCUT2D eigenvalue weighted by atomic mass is 10.2. The van der Waals surface area contributed by atoms with Gasteiger partial charge in [-0.3, -0.25) is 4.40 Å². The molecule has 2 aromatic rings. The van der Waals surface area contributed by atoms with Crippen molar-refractivity contribution in [2.45, 2.75) is 19.8 Å². The van der Waals surface area contributed by atoms with E-state index in [2.05, 4.69) is 14.9 Å². The van der Waals surface area contributed by atoms with Crippen LogP contribution in [0.2, 0.25) is 0 Å². The summed E-state index contributed by atoms with van der Waals surface area (Å²) in [4.78, 5) is 11.5. The number of aromatic nitrogens is 3. The lowest BCUT2D eigenvalue weighted by Crippen LogP contribution is -2.06. The number of nitrogen functional groups attached to an aromatic ring is 1. The second kappa shape index (κ2) is 4.04. The normalized spacial score (nSPS) is 11.1. The van der Waals surface area contributed by atoms with Crippen LogP contribution >= 0.6 is 0 Å². The number of nitrogens with two attached hydrogens (primary N) is 1. The number of hydrogen-bond acceptors (Lipinski definition) is 5. The highest BCUT2D eigenvalue weighted by Gasteiger charge is 2.15. The number of pyridine rings is 1. The maximum absolute atomic E-state index is 11.5. The average molecular weight is 234 g/mol. The van der Waals surface area contributed by atoms with E-state index in [0.717, 1.165) is 5.82 Å². The summed E-state index contributed by atoms with van der Waals surface area (Å²) in [7, 11) is 1.33. The molecule has 0 unspecified atom stereocenters. The fourth-order valence-corrected chi connectivity index (χ4v) is 1.66. The monoisotopic (exact) mass is 234 g/mol. The largest absolute Gasteiger partial charge is 0.465 e. The van der Waals surface area contributed by atoms with Crippen molar-refractivity contribution in [1.29, 1.82) is 0 Å². The first-order valence-electron chi connectivity index (χ1n) is 5.27. The van der Waals surface area contributed by atoms with Crippen molar-refractivity contribution >= 4 is 17.3 Å². The van der Waals surface area contributed by atoms with Crippen LogP contribution < -0.4 is 5.73 Å². The number of hydrogen-bond donors (Lipinski definition) is 1. The Morgan fingerprint density at radius 2 is 2.18 bits per heavy atom. The van der Waals surface area contributed by atoms with Crippen LogP contribution in [-0.4, -0.2) is 27.7 Å². The van der Waals surface area contributed by atoms with Gasteiger partial charge in [0.1, 0.15) is 5.82 Å². The molecule has 6 nitrogen and oxygen atoms in total. The van der Waals surface area contributed by atoms with Gasteiger partial charge < -0.3 is 10.5 Å². The van der Waals surface area contributed by atoms with Crippen LogP contribution in [0.4, 0.5) is 5.69 Å². The fourth-order valence-electron chi connectivity index (χ4n) is 1.66. The molecule has 0 atom stereocenters. The van der Waals surface area contributed by atoms with Crippen molar-refractivity contribution < 1.29 is 9.53 Å². The molecule has 0 fully saturated rings. The highest BCUT2D eigenvalue weighted by atomic mass is 16.5. The molecular weight excluding hydrogens is 220 g/mol. The van der Waals surface area contributed by atoms with E-state index in [1.807, 2.05) is 13.8 Å². The first kappa shape index (κ1) is 11.4. The summed E-state index contributed by atoms with van der Waals surface area (Å²) >= 11 is 0. The van der Waals surface area contributed by atoms with Crippen LogP contribution in [0.3, 0.4) is 0 Å². The molecule has 0 saturated carbocycles. The standard InChI is InChI=1S/C11H14N4O2/c1-6(2)9-13-14-10-8(12)4-7(5-15(9)10)11(16)17-3/h4-6H,12H2,1-3H3. The first-order chi connectivity index (χ1) is 8.04. The molecule has 0 aliphatic carbocycles. The fraction of sp³-hybridized carbons (Fsp3) is 0.364. The minimum atomic E-state index is -0.429. The minimum absolute atomic E-state index is 0.192. The summed E-state index contributed by atoms with van der Waals surface area (Å²) in [6.07, 6.45) is 1.65. The van der Waals surface area contributed by atoms with Gasteiger partial charge in [-0.1, -0.05) is 13.8 Å². The van der Waals surface area contributed by atoms with Crippen molar-refractivity contribution in [3.8, 4) is 0 Å². The molecule has 0 aromatic carbocycles. The van der Waals surface area contributed by atoms with E-state index in [0.29, 0.717) is 16.9 Å². The Hall–Kier alpha value is -2.11. The second-order valence-corrected chi connectivity index (χ2v) is 4.08. The van der Waals surface area contributed by atoms with Gasteiger partial charge in [-0.25, -0.2) is 4.79 Å². The third kappa shape index (κ3) is 1.82. The maximum Gasteiger partial charge on any atom is 0.339 e. The third-order valence-electron chi connectivity index (χ3n) is 2.50. The highest BCUT2D eigenvalue weighted by Crippen LogP contribution is 2.19. The second-order valence-electron chi connectivity index (χ2n) is 4.08. The van der Waals surface area contributed by atoms with Crippen molar-refractivity contribution in [3.63, 3.8) is 0 Å². The number of carbonyl (C=O) groups is 1. The number of esters is 1. The number of anilines is 1. The number of methoxy groups -OCH3 is 1. The van der Waals surface area contributed by atoms with Gasteiger partial charge in [0, 0.05) is 12.1 Å². The van der Waals surface area contributed by atoms with E-state index in [-0.39, 0.29) is 5.92 Å². The molecule has 0 saturated heterocycles. The topological polar surface area (TPSA) is 82.5 Å². The maximum atomic E-state index is 11.5. The van der Waals surface area contributed by atoms with Gasteiger partial charge in [-0.15, -0.1) is 10.2 Å². The Balaban J connectivity index is 2.69. The molecule has 0 spiro atoms. The van der Waals surface area contributed by atoms with Gasteiger partial charge in [0.05, 0.1) is 18.4 Å². The molecule has 0 aliphatic heterocycles. The van der Waals surface area contributed by atoms with Gasteiger partial charge in [0.2, 0.25) is 0 Å². The molecule has 90 valence electrons. The molecule has 2 heterocycles. The summed E-state index contributed by atoms with van der Waals surface area (Å²) in [5.74, 6) is 0.525. The van der Waals surface area contributed by atoms with Gasteiger partial charge in [0.15, 0.2) is 5.65 Å². The smallest absolute Gasteiger partial charge is 0.339 e. The molecule has 2 N–H and O–H groups in total. The summed E-state index contributed by atoms with van der Waals surface area (Å²) < 4.78 is 6.40. The summed E-state index contributed by atoms with van der Waals surface area (Å²) in [6, 6.07) is 1.54. The van der Waals surface area contributed by atoms with Crippen LogP contribution in [0.15, 0.2) is 12.3 Å². The SMILES string of the molecule is COC(=O)c1cc(N)c2nnc(C(C)C)n2c1. The molecule has 0 bridgehead atoms. The van der Waals surface area contributed by atoms with E-state index in [9.17, 15) is 4.79 Å². The predicted molar refractivity (Wildman–Crippen MR) is 62.8 cm³/mol. The lowest BCUT2D eigenvalue weighted by Gasteiger charge is -2.06. The molecule has 2 aromatic heterocycles. The van der Waals surface area contributed by atoms with Gasteiger partial charge in [-0.05, 0) is 6.07 Å². The number of fused-ring (bicyclic) bond motifs is 1. The zero-order chi connectivity index (χ0) is 12.6. The zero-order valence-electron chi connectivity index (χ0n) is 9.97. The number of rotatable bonds is 2. The Morgan fingerprint density at radius 3 is 2.76 bits per heavy atom. The van der Waals surface area contributed by atoms with Gasteiger partial charge in [-0.2, -0.15) is 0 Å². The molecule has 6 heteroatoms. The minimum Gasteiger partial charge on any atom is -0.465 e. The molecule has 2 rings (SSSR count). The number of nitrogens with zero attached hydrogens (tertiary/aromatic N) is 3. The van der Waals surface area contributed by atoms with Crippen LogP contribution in [0.1, 0.15) is 35.9 Å². The molecular formula is C11H14N4O2. The molecule has 0 amide bonds. The predicted octanol–water partition coefficient (Wildman–Crippen LogP) is 1.22. The molecule has 0 radical (unpaired) electrons. The Kier molecular flexibility index (Phi) is 2.71. The van der Waals surface area contributed by atoms with E-state index >= 15 is 0 Å². The zero-order valence-corrected chi connectivity index (χ0v) is 9.97. The van der Waals surface area contributed by atoms with E-state index in [1.165, 1.54) is 7.11 Å². The van der Waals surface area contributed by atoms with Crippen molar-refractivity contribution in [2.75, 3.05) is 12.8 Å². The third-order valence-corrected chi connectivity index (χ3v) is 2.50. The molecule has 0 aliphatic rings. The van der Waals surface area contributed by atoms with Crippen LogP contribution in [0.5, 0.6) is 0 Å². The van der Waals surface area contributed by atoms with E-state index in [4.69, 9.17) is 5.73 Å². The van der Waals surface area contributed by atoms with Crippen LogP contribution in [0.25, 0.3) is 5.65 Å². The molecule has 17 heavy (non-hydrogen) atoms. The summed E-state index contributed by atoms with van der Waals surface area (Å²) in [6.45, 7) is 3.99. The quantitative estimate of drug-likeness (QED) is 0.790. The summed E-state index contributed by atoms with van der Waals surface area (Å²) in [5.41, 5.74) is 7.19. The van der Waals surface area contributed by atoms with E-state index < -0.39 is 5.97 Å². The van der Waals surface area contributed by atoms with Gasteiger partial charge >= 0.3 is 5.97 Å². The van der Waals surface area contributed by atoms with Crippen LogP contribution in [0, 0.1) is 0 Å². The Labute approximate surface area is 98.4 Å². The van der Waals surface area contributed by atoms with Crippen molar-refractivity contribution in [3.05, 3.63) is 23.7 Å². The average Bonchev–Trinajstić information content (AvgIpc) is 2.72. The number of ether oxygens (including phenoxy) is 1. The number of carbonyl (C=O) groups excluding carboxylic acids is 1. The van der Waals surface area contributed by atoms with Crippen molar-refractivity contribution in [1.82, 2.24) is 14.6 Å². The van der Waals surface area contributed by atoms with Crippen molar-refractivity contribution in [2.24, 2.45) is 0 Å². The highest BCUT2D eigenvalue weighted by molar-refractivity contribution is 5.91. The van der Waals surface area contributed by atoms with E-state index in [1.54, 1.807) is 16.7 Å². The lowest BCUT2D eigenvalue weighted by molar-refractivity contribution is 0.0600. The Bertz CT molecular complexity index is 574. The Morgan fingerprint density at radius 1 is 1.47 bits per heavy atom. The van der Waals surface area contributed by atoms with Crippen LogP contribution in [-0.2, 0) is 4.74 Å². The van der Waals surface area contributed by atoms with Gasteiger partial charge in [0.25, 0.3) is 0 Å². The summed E-state index contributed by atoms with van der Waals surface area (Å²) in [5, 5.41) is 8.06.